The number of morpholine rings is 1. The maximum Gasteiger partial charge on any atom is 0.0678 e. The van der Waals surface area contributed by atoms with Gasteiger partial charge in [-0.3, -0.25) is 4.90 Å². The molecule has 1 saturated heterocycles. The molecule has 2 saturated carbocycles. The first-order chi connectivity index (χ1) is 8.72. The third-order valence-corrected chi connectivity index (χ3v) is 4.56. The zero-order chi connectivity index (χ0) is 12.5. The summed E-state index contributed by atoms with van der Waals surface area (Å²) in [5.41, 5.74) is 0. The lowest BCUT2D eigenvalue weighted by Crippen LogP contribution is -2.48. The molecule has 0 aromatic carbocycles. The Bertz CT molecular complexity index is 254. The lowest BCUT2D eigenvalue weighted by atomic mass is 10.1. The molecular weight excluding hydrogens is 224 g/mol. The lowest BCUT2D eigenvalue weighted by Gasteiger charge is -2.35. The number of hydrogen-bond acceptors (Lipinski definition) is 3. The smallest absolute Gasteiger partial charge is 0.0678 e. The Labute approximate surface area is 111 Å². The third-order valence-electron chi connectivity index (χ3n) is 4.56. The monoisotopic (exact) mass is 252 g/mol. The first kappa shape index (κ1) is 12.9. The van der Waals surface area contributed by atoms with Crippen LogP contribution in [0.5, 0.6) is 0 Å². The molecule has 0 spiro atoms. The molecule has 2 atom stereocenters. The highest BCUT2D eigenvalue weighted by Gasteiger charge is 2.40. The Morgan fingerprint density at radius 2 is 1.61 bits per heavy atom. The van der Waals surface area contributed by atoms with Gasteiger partial charge in [0.05, 0.1) is 12.2 Å². The molecule has 0 amide bonds. The van der Waals surface area contributed by atoms with Gasteiger partial charge in [-0.2, -0.15) is 0 Å². The minimum atomic E-state index is 0.399. The first-order valence-electron chi connectivity index (χ1n) is 7.83. The van der Waals surface area contributed by atoms with Crippen LogP contribution in [0.2, 0.25) is 0 Å². The zero-order valence-corrected chi connectivity index (χ0v) is 11.9. The van der Waals surface area contributed by atoms with Crippen molar-refractivity contribution in [2.45, 2.75) is 57.8 Å². The summed E-state index contributed by atoms with van der Waals surface area (Å²) < 4.78 is 5.78. The predicted molar refractivity (Wildman–Crippen MR) is 73.7 cm³/mol. The molecule has 3 aliphatic rings. The lowest BCUT2D eigenvalue weighted by molar-refractivity contribution is -0.0675. The van der Waals surface area contributed by atoms with E-state index in [2.05, 4.69) is 24.1 Å². The maximum atomic E-state index is 5.78. The molecule has 0 aromatic rings. The van der Waals surface area contributed by atoms with Crippen LogP contribution in [0.25, 0.3) is 0 Å². The van der Waals surface area contributed by atoms with Crippen molar-refractivity contribution in [2.24, 2.45) is 11.8 Å². The van der Waals surface area contributed by atoms with Gasteiger partial charge in [-0.25, -0.2) is 0 Å². The van der Waals surface area contributed by atoms with Crippen molar-refractivity contribution in [3.8, 4) is 0 Å². The Hall–Kier alpha value is -0.120. The van der Waals surface area contributed by atoms with E-state index in [9.17, 15) is 0 Å². The van der Waals surface area contributed by atoms with E-state index in [-0.39, 0.29) is 0 Å². The van der Waals surface area contributed by atoms with E-state index in [1.165, 1.54) is 32.2 Å². The topological polar surface area (TPSA) is 24.5 Å². The Morgan fingerprint density at radius 3 is 2.11 bits per heavy atom. The van der Waals surface area contributed by atoms with Crippen molar-refractivity contribution < 1.29 is 4.74 Å². The SMILES string of the molecule is C[C@@H]1CN(CCNC(C2CC2)C2CC2)C[C@H](C)O1. The van der Waals surface area contributed by atoms with Gasteiger partial charge in [0.25, 0.3) is 0 Å². The third kappa shape index (κ3) is 3.46. The van der Waals surface area contributed by atoms with Crippen LogP contribution in [0.1, 0.15) is 39.5 Å². The zero-order valence-electron chi connectivity index (χ0n) is 11.9. The van der Waals surface area contributed by atoms with Gasteiger partial charge >= 0.3 is 0 Å². The molecule has 104 valence electrons. The van der Waals surface area contributed by atoms with Crippen LogP contribution in [-0.4, -0.2) is 49.3 Å². The van der Waals surface area contributed by atoms with Crippen LogP contribution in [0.3, 0.4) is 0 Å². The fourth-order valence-corrected chi connectivity index (χ4v) is 3.49. The summed E-state index contributed by atoms with van der Waals surface area (Å²) >= 11 is 0. The quantitative estimate of drug-likeness (QED) is 0.781. The van der Waals surface area contributed by atoms with E-state index in [4.69, 9.17) is 4.74 Å². The molecule has 3 fully saturated rings. The number of hydrogen-bond donors (Lipinski definition) is 1. The molecule has 0 radical (unpaired) electrons. The van der Waals surface area contributed by atoms with E-state index in [0.29, 0.717) is 12.2 Å². The number of ether oxygens (including phenoxy) is 1. The summed E-state index contributed by atoms with van der Waals surface area (Å²) in [7, 11) is 0. The number of rotatable bonds is 6. The summed E-state index contributed by atoms with van der Waals surface area (Å²) in [5.74, 6) is 2.03. The molecule has 1 aliphatic heterocycles. The fraction of sp³-hybridized carbons (Fsp3) is 1.00. The van der Waals surface area contributed by atoms with E-state index >= 15 is 0 Å². The van der Waals surface area contributed by atoms with Crippen LogP contribution in [-0.2, 0) is 4.74 Å². The highest BCUT2D eigenvalue weighted by atomic mass is 16.5. The Kier molecular flexibility index (Phi) is 3.92. The van der Waals surface area contributed by atoms with Gasteiger partial charge in [-0.1, -0.05) is 0 Å². The van der Waals surface area contributed by atoms with Crippen LogP contribution in [0.15, 0.2) is 0 Å². The molecular formula is C15H28N2O. The van der Waals surface area contributed by atoms with Crippen molar-refractivity contribution >= 4 is 0 Å². The van der Waals surface area contributed by atoms with Gasteiger partial charge < -0.3 is 10.1 Å². The second kappa shape index (κ2) is 5.48. The summed E-state index contributed by atoms with van der Waals surface area (Å²) in [6.45, 7) is 8.93. The van der Waals surface area contributed by atoms with Gasteiger partial charge in [0.15, 0.2) is 0 Å². The maximum absolute atomic E-state index is 5.78. The highest BCUT2D eigenvalue weighted by Crippen LogP contribution is 2.44. The fourth-order valence-electron chi connectivity index (χ4n) is 3.49. The number of nitrogens with zero attached hydrogens (tertiary/aromatic N) is 1. The highest BCUT2D eigenvalue weighted by molar-refractivity contribution is 4.96. The molecule has 0 bridgehead atoms. The molecule has 2 aliphatic carbocycles. The molecule has 18 heavy (non-hydrogen) atoms. The molecule has 1 N–H and O–H groups in total. The first-order valence-corrected chi connectivity index (χ1v) is 7.83. The van der Waals surface area contributed by atoms with E-state index in [0.717, 1.165) is 37.5 Å². The van der Waals surface area contributed by atoms with Crippen LogP contribution < -0.4 is 5.32 Å². The van der Waals surface area contributed by atoms with Gasteiger partial charge in [0.1, 0.15) is 0 Å². The average Bonchev–Trinajstić information content (AvgIpc) is 3.14. The predicted octanol–water partition coefficient (Wildman–Crippen LogP) is 1.87. The van der Waals surface area contributed by atoms with Crippen LogP contribution in [0, 0.1) is 11.8 Å². The van der Waals surface area contributed by atoms with Gasteiger partial charge in [-0.05, 0) is 51.4 Å². The standard InChI is InChI=1S/C15H28N2O/c1-11-9-17(10-12(2)18-11)8-7-16-15(13-3-4-13)14-5-6-14/h11-16H,3-10H2,1-2H3/t11-,12+. The van der Waals surface area contributed by atoms with Gasteiger partial charge in [0, 0.05) is 32.2 Å². The van der Waals surface area contributed by atoms with E-state index in [1.54, 1.807) is 0 Å². The molecule has 3 heteroatoms. The van der Waals surface area contributed by atoms with Crippen molar-refractivity contribution in [2.75, 3.05) is 26.2 Å². The molecule has 1 heterocycles. The van der Waals surface area contributed by atoms with Gasteiger partial charge in [0.2, 0.25) is 0 Å². The second-order valence-corrected chi connectivity index (χ2v) is 6.67. The minimum Gasteiger partial charge on any atom is -0.373 e. The molecule has 3 rings (SSSR count). The molecule has 0 unspecified atom stereocenters. The summed E-state index contributed by atoms with van der Waals surface area (Å²) in [4.78, 5) is 2.56. The van der Waals surface area contributed by atoms with Crippen LogP contribution in [0.4, 0.5) is 0 Å². The minimum absolute atomic E-state index is 0.399. The van der Waals surface area contributed by atoms with Crippen molar-refractivity contribution in [1.82, 2.24) is 10.2 Å². The van der Waals surface area contributed by atoms with Gasteiger partial charge in [-0.15, -0.1) is 0 Å². The average molecular weight is 252 g/mol. The molecule has 3 nitrogen and oxygen atoms in total. The number of nitrogens with one attached hydrogen (secondary N) is 1. The van der Waals surface area contributed by atoms with Crippen molar-refractivity contribution in [3.63, 3.8) is 0 Å². The normalized spacial score (nSPS) is 34.2. The Morgan fingerprint density at radius 1 is 1.06 bits per heavy atom. The Balaban J connectivity index is 1.38. The second-order valence-electron chi connectivity index (χ2n) is 6.67. The largest absolute Gasteiger partial charge is 0.373 e. The summed E-state index contributed by atoms with van der Waals surface area (Å²) in [6, 6.07) is 0.848. The van der Waals surface area contributed by atoms with Crippen molar-refractivity contribution in [1.29, 1.82) is 0 Å². The van der Waals surface area contributed by atoms with E-state index in [1.807, 2.05) is 0 Å². The molecule has 0 aromatic heterocycles. The van der Waals surface area contributed by atoms with Crippen LogP contribution >= 0.6 is 0 Å². The van der Waals surface area contributed by atoms with E-state index < -0.39 is 0 Å². The van der Waals surface area contributed by atoms with Crippen molar-refractivity contribution in [3.05, 3.63) is 0 Å². The summed E-state index contributed by atoms with van der Waals surface area (Å²) in [5, 5.41) is 3.84. The summed E-state index contributed by atoms with van der Waals surface area (Å²) in [6.07, 6.45) is 6.69.